The van der Waals surface area contributed by atoms with Crippen molar-refractivity contribution in [2.45, 2.75) is 83.6 Å². The number of amides is 1. The van der Waals surface area contributed by atoms with E-state index in [1.165, 1.54) is 51.6 Å². The molecule has 1 aromatic heterocycles. The highest BCUT2D eigenvalue weighted by atomic mass is 16.3. The number of furan rings is 1. The topological polar surface area (TPSA) is 36.7 Å². The summed E-state index contributed by atoms with van der Waals surface area (Å²) >= 11 is 0. The van der Waals surface area contributed by atoms with Gasteiger partial charge in [0.05, 0.1) is 0 Å². The molecule has 4 heteroatoms. The lowest BCUT2D eigenvalue weighted by Gasteiger charge is -2.49. The van der Waals surface area contributed by atoms with Crippen LogP contribution in [0.15, 0.2) is 16.5 Å². The van der Waals surface area contributed by atoms with Gasteiger partial charge in [0, 0.05) is 24.9 Å². The number of nitrogens with zero attached hydrogens (tertiary/aromatic N) is 2. The van der Waals surface area contributed by atoms with E-state index in [-0.39, 0.29) is 0 Å². The maximum Gasteiger partial charge on any atom is 0.222 e. The molecule has 3 heterocycles. The summed E-state index contributed by atoms with van der Waals surface area (Å²) in [6.45, 7) is 8.86. The van der Waals surface area contributed by atoms with E-state index in [1.54, 1.807) is 0 Å². The fourth-order valence-electron chi connectivity index (χ4n) is 5.49. The van der Waals surface area contributed by atoms with Crippen LogP contribution in [0.4, 0.5) is 0 Å². The molecule has 0 unspecified atom stereocenters. The molecule has 1 spiro atoms. The van der Waals surface area contributed by atoms with Gasteiger partial charge in [-0.15, -0.1) is 0 Å². The van der Waals surface area contributed by atoms with Gasteiger partial charge in [0.1, 0.15) is 11.5 Å². The Balaban J connectivity index is 1.27. The Bertz CT molecular complexity index is 639. The van der Waals surface area contributed by atoms with Crippen LogP contribution in [0.5, 0.6) is 0 Å². The average molecular weight is 373 g/mol. The van der Waals surface area contributed by atoms with E-state index in [0.29, 0.717) is 23.3 Å². The maximum atomic E-state index is 12.5. The van der Waals surface area contributed by atoms with Crippen molar-refractivity contribution in [3.63, 3.8) is 0 Å². The molecule has 4 nitrogen and oxygen atoms in total. The molecule has 1 saturated carbocycles. The molecule has 2 aliphatic heterocycles. The molecule has 27 heavy (non-hydrogen) atoms. The molecule has 1 aliphatic carbocycles. The monoisotopic (exact) mass is 372 g/mol. The van der Waals surface area contributed by atoms with Crippen LogP contribution in [0, 0.1) is 12.3 Å². The standard InChI is InChI=1S/C23H36N2O2/c1-18(21-8-7-19(2)27-21)10-14-24-15-12-23(13-16-24)11-9-22(26)25(17-23)20-5-3-4-6-20/h7-8,18,20H,3-6,9-17H2,1-2H3/t18-/m0/s1. The van der Waals surface area contributed by atoms with E-state index < -0.39 is 0 Å². The van der Waals surface area contributed by atoms with Crippen molar-refractivity contribution in [2.24, 2.45) is 5.41 Å². The third-order valence-corrected chi connectivity index (χ3v) is 7.50. The molecule has 3 fully saturated rings. The van der Waals surface area contributed by atoms with Crippen LogP contribution in [-0.2, 0) is 4.79 Å². The Hall–Kier alpha value is -1.29. The quantitative estimate of drug-likeness (QED) is 0.750. The van der Waals surface area contributed by atoms with Gasteiger partial charge in [-0.2, -0.15) is 0 Å². The average Bonchev–Trinajstić information content (AvgIpc) is 3.35. The van der Waals surface area contributed by atoms with Crippen molar-refractivity contribution in [3.05, 3.63) is 23.7 Å². The Kier molecular flexibility index (Phi) is 5.63. The summed E-state index contributed by atoms with van der Waals surface area (Å²) in [7, 11) is 0. The summed E-state index contributed by atoms with van der Waals surface area (Å²) in [4.78, 5) is 17.4. The number of hydrogen-bond donors (Lipinski definition) is 0. The molecule has 0 aromatic carbocycles. The number of carbonyl (C=O) groups is 1. The predicted molar refractivity (Wildman–Crippen MR) is 108 cm³/mol. The summed E-state index contributed by atoms with van der Waals surface area (Å²) in [5.41, 5.74) is 0.400. The first-order valence-electron chi connectivity index (χ1n) is 11.1. The molecule has 1 amide bonds. The first kappa shape index (κ1) is 19.0. The highest BCUT2D eigenvalue weighted by Crippen LogP contribution is 2.42. The summed E-state index contributed by atoms with van der Waals surface area (Å²) in [5, 5.41) is 0. The minimum Gasteiger partial charge on any atom is -0.466 e. The zero-order valence-corrected chi connectivity index (χ0v) is 17.2. The fourth-order valence-corrected chi connectivity index (χ4v) is 5.49. The van der Waals surface area contributed by atoms with E-state index in [4.69, 9.17) is 4.42 Å². The van der Waals surface area contributed by atoms with Crippen LogP contribution in [-0.4, -0.2) is 47.9 Å². The Morgan fingerprint density at radius 3 is 2.59 bits per heavy atom. The van der Waals surface area contributed by atoms with E-state index in [0.717, 1.165) is 43.9 Å². The zero-order chi connectivity index (χ0) is 18.9. The molecule has 3 aliphatic rings. The zero-order valence-electron chi connectivity index (χ0n) is 17.2. The van der Waals surface area contributed by atoms with Crippen molar-refractivity contribution in [1.82, 2.24) is 9.80 Å². The molecular weight excluding hydrogens is 336 g/mol. The van der Waals surface area contributed by atoms with E-state index in [9.17, 15) is 4.79 Å². The van der Waals surface area contributed by atoms with Crippen molar-refractivity contribution in [2.75, 3.05) is 26.2 Å². The Morgan fingerprint density at radius 2 is 1.93 bits per heavy atom. The van der Waals surface area contributed by atoms with E-state index >= 15 is 0 Å². The summed E-state index contributed by atoms with van der Waals surface area (Å²) in [6.07, 6.45) is 10.7. The highest BCUT2D eigenvalue weighted by molar-refractivity contribution is 5.77. The van der Waals surface area contributed by atoms with Crippen LogP contribution in [0.25, 0.3) is 0 Å². The number of hydrogen-bond acceptors (Lipinski definition) is 3. The van der Waals surface area contributed by atoms with Crippen LogP contribution in [0.1, 0.15) is 82.1 Å². The van der Waals surface area contributed by atoms with Gasteiger partial charge < -0.3 is 14.2 Å². The van der Waals surface area contributed by atoms with Gasteiger partial charge in [-0.25, -0.2) is 0 Å². The summed E-state index contributed by atoms with van der Waals surface area (Å²) < 4.78 is 5.79. The third-order valence-electron chi connectivity index (χ3n) is 7.50. The van der Waals surface area contributed by atoms with Gasteiger partial charge in [-0.1, -0.05) is 19.8 Å². The molecule has 1 atom stereocenters. The van der Waals surface area contributed by atoms with Gasteiger partial charge in [0.15, 0.2) is 0 Å². The lowest BCUT2D eigenvalue weighted by Crippen LogP contribution is -2.54. The van der Waals surface area contributed by atoms with Crippen LogP contribution in [0.2, 0.25) is 0 Å². The molecular formula is C23H36N2O2. The number of aryl methyl sites for hydroxylation is 1. The van der Waals surface area contributed by atoms with Gasteiger partial charge in [-0.3, -0.25) is 4.79 Å². The minimum absolute atomic E-state index is 0.400. The SMILES string of the molecule is Cc1ccc([C@@H](C)CCN2CCC3(CCC(=O)N(C4CCCC4)C3)CC2)o1. The molecule has 0 radical (unpaired) electrons. The predicted octanol–water partition coefficient (Wildman–Crippen LogP) is 4.73. The smallest absolute Gasteiger partial charge is 0.222 e. The molecule has 150 valence electrons. The van der Waals surface area contributed by atoms with Crippen molar-refractivity contribution >= 4 is 5.91 Å². The number of likely N-dealkylation sites (tertiary alicyclic amines) is 2. The van der Waals surface area contributed by atoms with E-state index in [1.807, 2.05) is 6.92 Å². The lowest BCUT2D eigenvalue weighted by atomic mass is 9.72. The number of piperidine rings is 2. The number of carbonyl (C=O) groups excluding carboxylic acids is 1. The van der Waals surface area contributed by atoms with Gasteiger partial charge in [0.2, 0.25) is 5.91 Å². The van der Waals surface area contributed by atoms with Gasteiger partial charge >= 0.3 is 0 Å². The fraction of sp³-hybridized carbons (Fsp3) is 0.783. The van der Waals surface area contributed by atoms with Gasteiger partial charge in [-0.05, 0) is 82.6 Å². The molecule has 0 bridgehead atoms. The maximum absolute atomic E-state index is 12.5. The third kappa shape index (κ3) is 4.26. The van der Waals surface area contributed by atoms with Gasteiger partial charge in [0.25, 0.3) is 0 Å². The lowest BCUT2D eigenvalue weighted by molar-refractivity contribution is -0.142. The molecule has 4 rings (SSSR count). The summed E-state index contributed by atoms with van der Waals surface area (Å²) in [6, 6.07) is 4.74. The molecule has 1 aromatic rings. The minimum atomic E-state index is 0.400. The van der Waals surface area contributed by atoms with Crippen molar-refractivity contribution in [3.8, 4) is 0 Å². The second-order valence-electron chi connectivity index (χ2n) is 9.44. The second kappa shape index (κ2) is 7.98. The first-order valence-corrected chi connectivity index (χ1v) is 11.1. The van der Waals surface area contributed by atoms with E-state index in [2.05, 4.69) is 28.9 Å². The summed E-state index contributed by atoms with van der Waals surface area (Å²) in [5.74, 6) is 3.05. The number of rotatable bonds is 5. The van der Waals surface area contributed by atoms with Crippen LogP contribution < -0.4 is 0 Å². The Morgan fingerprint density at radius 1 is 1.19 bits per heavy atom. The highest BCUT2D eigenvalue weighted by Gasteiger charge is 2.43. The van der Waals surface area contributed by atoms with Crippen LogP contribution in [0.3, 0.4) is 0 Å². The van der Waals surface area contributed by atoms with Crippen molar-refractivity contribution in [1.29, 1.82) is 0 Å². The largest absolute Gasteiger partial charge is 0.466 e. The normalized spacial score (nSPS) is 25.4. The van der Waals surface area contributed by atoms with Crippen LogP contribution >= 0.6 is 0 Å². The molecule has 2 saturated heterocycles. The second-order valence-corrected chi connectivity index (χ2v) is 9.44. The first-order chi connectivity index (χ1) is 13.0. The molecule has 0 N–H and O–H groups in total. The Labute approximate surface area is 164 Å². The van der Waals surface area contributed by atoms with Crippen molar-refractivity contribution < 1.29 is 9.21 Å².